The summed E-state index contributed by atoms with van der Waals surface area (Å²) in [5.74, 6) is -0.106. The van der Waals surface area contributed by atoms with Gasteiger partial charge in [-0.2, -0.15) is 0 Å². The van der Waals surface area contributed by atoms with E-state index in [4.69, 9.17) is 0 Å². The van der Waals surface area contributed by atoms with Crippen molar-refractivity contribution in [1.82, 2.24) is 10.3 Å². The second kappa shape index (κ2) is 12.1. The van der Waals surface area contributed by atoms with Crippen LogP contribution in [0.25, 0.3) is 0 Å². The monoisotopic (exact) mass is 514 g/mol. The number of amides is 3. The second-order valence-electron chi connectivity index (χ2n) is 9.75. The maximum Gasteiger partial charge on any atom is 0.321 e. The number of hydrogen-bond donors (Lipinski definition) is 3. The lowest BCUT2D eigenvalue weighted by Crippen LogP contribution is -2.47. The lowest BCUT2D eigenvalue weighted by atomic mass is 9.92. The molecule has 9 heteroatoms. The topological polar surface area (TPSA) is 116 Å². The van der Waals surface area contributed by atoms with Crippen LogP contribution in [0.1, 0.15) is 39.0 Å². The molecule has 9 nitrogen and oxygen atoms in total. The number of carbonyl (C=O) groups excluding carboxylic acids is 3. The van der Waals surface area contributed by atoms with Gasteiger partial charge in [-0.3, -0.25) is 14.6 Å². The molecule has 3 amide bonds. The predicted octanol–water partition coefficient (Wildman–Crippen LogP) is 4.71. The normalized spacial score (nSPS) is 14.7. The van der Waals surface area contributed by atoms with E-state index in [9.17, 15) is 14.4 Å². The van der Waals surface area contributed by atoms with Crippen molar-refractivity contribution < 1.29 is 14.4 Å². The Bertz CT molecular complexity index is 1330. The van der Waals surface area contributed by atoms with Crippen LogP contribution >= 0.6 is 0 Å². The van der Waals surface area contributed by atoms with Crippen LogP contribution in [0.3, 0.4) is 0 Å². The molecule has 1 aliphatic rings. The molecule has 0 aliphatic carbocycles. The van der Waals surface area contributed by atoms with Crippen LogP contribution in [-0.4, -0.2) is 48.7 Å². The Kier molecular flexibility index (Phi) is 8.96. The van der Waals surface area contributed by atoms with Crippen LogP contribution in [0, 0.1) is 5.41 Å². The number of benzodiazepines with no additional fused rings is 1. The number of anilines is 3. The summed E-state index contributed by atoms with van der Waals surface area (Å²) in [5, 5.41) is 8.45. The van der Waals surface area contributed by atoms with Gasteiger partial charge in [0.25, 0.3) is 5.91 Å². The third-order valence-electron chi connectivity index (χ3n) is 5.98. The van der Waals surface area contributed by atoms with E-state index in [1.54, 1.807) is 39.3 Å². The molecular weight excluding hydrogens is 480 g/mol. The molecule has 0 saturated carbocycles. The Hall–Kier alpha value is -4.53. The zero-order valence-electron chi connectivity index (χ0n) is 22.6. The third-order valence-corrected chi connectivity index (χ3v) is 5.98. The number of aliphatic imine (C=N–C) groups is 1. The second-order valence-corrected chi connectivity index (χ2v) is 9.75. The average Bonchev–Trinajstić information content (AvgIpc) is 3.00. The van der Waals surface area contributed by atoms with Crippen LogP contribution < -0.4 is 20.9 Å². The highest BCUT2D eigenvalue weighted by atomic mass is 16.2. The zero-order valence-corrected chi connectivity index (χ0v) is 22.6. The highest BCUT2D eigenvalue weighted by Crippen LogP contribution is 2.26. The summed E-state index contributed by atoms with van der Waals surface area (Å²) in [4.78, 5) is 46.8. The van der Waals surface area contributed by atoms with E-state index in [0.717, 1.165) is 11.3 Å². The van der Waals surface area contributed by atoms with Gasteiger partial charge in [0, 0.05) is 42.6 Å². The van der Waals surface area contributed by atoms with Crippen molar-refractivity contribution in [2.24, 2.45) is 10.4 Å². The van der Waals surface area contributed by atoms with Crippen LogP contribution in [0.15, 0.2) is 77.9 Å². The lowest BCUT2D eigenvalue weighted by Gasteiger charge is -2.21. The molecular formula is C29H34N6O3. The van der Waals surface area contributed by atoms with Crippen molar-refractivity contribution in [3.8, 4) is 0 Å². The molecule has 38 heavy (non-hydrogen) atoms. The van der Waals surface area contributed by atoms with Crippen LogP contribution in [0.5, 0.6) is 0 Å². The number of fused-ring (bicyclic) bond motifs is 1. The number of carbonyl (C=O) groups is 3. The standard InChI is InChI=1S/C23H22N6O2.C6H12O/c1-24-15-8-7-9-16(14-15)26-23(31)28-21-22(30)29(2)19-12-4-3-10-17(19)20(27-21)18-11-5-6-13-25-18;1-5(7)6(2,3)4/h3-14,21,24H,1-2H3,(H2,26,28,31);1-4H3/t21-;/m0./s1. The largest absolute Gasteiger partial charge is 0.388 e. The number of ketones is 1. The number of hydrogen-bond acceptors (Lipinski definition) is 6. The minimum absolute atomic E-state index is 0.139. The van der Waals surface area contributed by atoms with E-state index in [0.29, 0.717) is 22.8 Å². The summed E-state index contributed by atoms with van der Waals surface area (Å²) in [6.45, 7) is 7.35. The summed E-state index contributed by atoms with van der Waals surface area (Å²) in [6, 6.07) is 19.7. The predicted molar refractivity (Wildman–Crippen MR) is 152 cm³/mol. The average molecular weight is 515 g/mol. The molecule has 2 aromatic carbocycles. The molecule has 2 heterocycles. The first-order valence-electron chi connectivity index (χ1n) is 12.2. The highest BCUT2D eigenvalue weighted by molar-refractivity contribution is 6.19. The molecule has 3 N–H and O–H groups in total. The summed E-state index contributed by atoms with van der Waals surface area (Å²) in [5.41, 5.74) is 3.93. The third kappa shape index (κ3) is 7.03. The maximum atomic E-state index is 13.1. The summed E-state index contributed by atoms with van der Waals surface area (Å²) >= 11 is 0. The zero-order chi connectivity index (χ0) is 27.9. The summed E-state index contributed by atoms with van der Waals surface area (Å²) in [6.07, 6.45) is 0.558. The molecule has 0 fully saturated rings. The van der Waals surface area contributed by atoms with Gasteiger partial charge in [-0.05, 0) is 43.3 Å². The van der Waals surface area contributed by atoms with Gasteiger partial charge in [-0.25, -0.2) is 9.79 Å². The van der Waals surface area contributed by atoms with Crippen LogP contribution in [0.4, 0.5) is 21.9 Å². The van der Waals surface area contributed by atoms with Crippen molar-refractivity contribution in [3.05, 3.63) is 84.2 Å². The summed E-state index contributed by atoms with van der Waals surface area (Å²) in [7, 11) is 3.46. The number of urea groups is 1. The van der Waals surface area contributed by atoms with Crippen molar-refractivity contribution >= 4 is 40.5 Å². The van der Waals surface area contributed by atoms with E-state index in [1.807, 2.05) is 75.4 Å². The summed E-state index contributed by atoms with van der Waals surface area (Å²) < 4.78 is 0. The first kappa shape index (κ1) is 28.0. The number of nitrogens with zero attached hydrogens (tertiary/aromatic N) is 3. The van der Waals surface area contributed by atoms with E-state index >= 15 is 0 Å². The van der Waals surface area contributed by atoms with Crippen molar-refractivity contribution in [3.63, 3.8) is 0 Å². The van der Waals surface area contributed by atoms with Gasteiger partial charge in [-0.1, -0.05) is 51.1 Å². The Morgan fingerprint density at radius 2 is 1.61 bits per heavy atom. The Morgan fingerprint density at radius 1 is 0.947 bits per heavy atom. The highest BCUT2D eigenvalue weighted by Gasteiger charge is 2.31. The number of nitrogens with one attached hydrogen (secondary N) is 3. The van der Waals surface area contributed by atoms with Crippen molar-refractivity contribution in [2.75, 3.05) is 29.6 Å². The number of likely N-dealkylation sites (N-methyl/N-ethyl adjacent to an activating group) is 1. The number of Topliss-reactive ketones (excluding diaryl/α,β-unsaturated/α-hetero) is 1. The molecule has 0 bridgehead atoms. The van der Waals surface area contributed by atoms with Crippen molar-refractivity contribution in [1.29, 1.82) is 0 Å². The molecule has 1 aromatic heterocycles. The molecule has 0 radical (unpaired) electrons. The van der Waals surface area contributed by atoms with E-state index in [-0.39, 0.29) is 17.1 Å². The smallest absolute Gasteiger partial charge is 0.321 e. The fourth-order valence-corrected chi connectivity index (χ4v) is 3.37. The number of pyridine rings is 1. The molecule has 4 rings (SSSR count). The first-order valence-corrected chi connectivity index (χ1v) is 12.2. The Balaban J connectivity index is 0.000000505. The minimum atomic E-state index is -1.11. The van der Waals surface area contributed by atoms with Gasteiger partial charge >= 0.3 is 6.03 Å². The molecule has 1 aliphatic heterocycles. The number of benzene rings is 2. The fourth-order valence-electron chi connectivity index (χ4n) is 3.37. The number of aromatic nitrogens is 1. The SMILES string of the molecule is CC(=O)C(C)(C)C.CNc1cccc(NC(=O)N[C@@H]2N=C(c3ccccn3)c3ccccc3N(C)C2=O)c1. The van der Waals surface area contributed by atoms with E-state index < -0.39 is 12.2 Å². The lowest BCUT2D eigenvalue weighted by molar-refractivity contribution is -0.124. The molecule has 0 spiro atoms. The first-order chi connectivity index (χ1) is 18.0. The Labute approximate surface area is 223 Å². The molecule has 1 atom stereocenters. The van der Waals surface area contributed by atoms with Crippen LogP contribution in [-0.2, 0) is 9.59 Å². The molecule has 0 saturated heterocycles. The van der Waals surface area contributed by atoms with Gasteiger partial charge in [0.05, 0.1) is 17.1 Å². The molecule has 3 aromatic rings. The van der Waals surface area contributed by atoms with E-state index in [2.05, 4.69) is 25.9 Å². The van der Waals surface area contributed by atoms with Gasteiger partial charge in [0.15, 0.2) is 0 Å². The molecule has 198 valence electrons. The van der Waals surface area contributed by atoms with Gasteiger partial charge < -0.3 is 20.9 Å². The van der Waals surface area contributed by atoms with Gasteiger partial charge in [0.2, 0.25) is 6.17 Å². The number of para-hydroxylation sites is 1. The molecule has 0 unspecified atom stereocenters. The van der Waals surface area contributed by atoms with Gasteiger partial charge in [0.1, 0.15) is 5.78 Å². The maximum absolute atomic E-state index is 13.1. The fraction of sp³-hybridized carbons (Fsp3) is 0.276. The van der Waals surface area contributed by atoms with Crippen LogP contribution in [0.2, 0.25) is 0 Å². The Morgan fingerprint density at radius 3 is 2.24 bits per heavy atom. The van der Waals surface area contributed by atoms with Crippen molar-refractivity contribution in [2.45, 2.75) is 33.9 Å². The van der Waals surface area contributed by atoms with E-state index in [1.165, 1.54) is 4.90 Å². The van der Waals surface area contributed by atoms with Gasteiger partial charge in [-0.15, -0.1) is 0 Å². The number of rotatable bonds is 4. The minimum Gasteiger partial charge on any atom is -0.388 e. The quantitative estimate of drug-likeness (QED) is 0.467.